The molecule has 18 heteroatoms. The van der Waals surface area contributed by atoms with Crippen LogP contribution in [0.5, 0.6) is 0 Å². The fraction of sp³-hybridized carbons (Fsp3) is 0.520. The fourth-order valence-electron chi connectivity index (χ4n) is 3.60. The number of hydrogen-bond acceptors (Lipinski definition) is 7. The van der Waals surface area contributed by atoms with Crippen LogP contribution in [-0.4, -0.2) is 69.7 Å². The number of aliphatic carboxylic acids is 2. The molecule has 3 rings (SSSR count). The van der Waals surface area contributed by atoms with Crippen molar-refractivity contribution < 1.29 is 50.5 Å². The van der Waals surface area contributed by atoms with Gasteiger partial charge in [0, 0.05) is 49.7 Å². The standard InChI is InChI=1S/C21H29ClFN5O.2C2HF3O2/c1-15-13-27-20(26-10-8-17-6-2-3-9-25-17)21(29)28(15)12-11-24-14-16-5-4-7-18(22)19(16)23;2*3-2(4,5)1(6)7/h4-5,7,13,17,24-25H,2-3,6,8-12,14H2,1H3,(H,26,27);2*(H,6,7). The molecule has 1 aromatic carbocycles. The molecule has 0 aliphatic carbocycles. The number of aryl methyl sites for hydroxylation is 1. The fourth-order valence-corrected chi connectivity index (χ4v) is 3.80. The van der Waals surface area contributed by atoms with Crippen LogP contribution in [0.4, 0.5) is 36.6 Å². The normalized spacial score (nSPS) is 15.0. The van der Waals surface area contributed by atoms with E-state index in [1.165, 1.54) is 25.3 Å². The van der Waals surface area contributed by atoms with Crippen LogP contribution in [-0.2, 0) is 22.7 Å². The first kappa shape index (κ1) is 37.6. The van der Waals surface area contributed by atoms with E-state index < -0.39 is 30.1 Å². The Morgan fingerprint density at radius 3 is 2.23 bits per heavy atom. The predicted molar refractivity (Wildman–Crippen MR) is 142 cm³/mol. The second-order valence-electron chi connectivity index (χ2n) is 9.06. The number of halogens is 8. The molecule has 1 aliphatic heterocycles. The van der Waals surface area contributed by atoms with E-state index in [1.807, 2.05) is 6.92 Å². The molecular weight excluding hydrogens is 619 g/mol. The molecule has 5 N–H and O–H groups in total. The van der Waals surface area contributed by atoms with Gasteiger partial charge in [-0.3, -0.25) is 4.79 Å². The monoisotopic (exact) mass is 649 g/mol. The van der Waals surface area contributed by atoms with Gasteiger partial charge in [-0.25, -0.2) is 19.0 Å². The third kappa shape index (κ3) is 14.1. The predicted octanol–water partition coefficient (Wildman–Crippen LogP) is 4.34. The lowest BCUT2D eigenvalue weighted by atomic mass is 10.0. The topological polar surface area (TPSA) is 146 Å². The lowest BCUT2D eigenvalue weighted by Crippen LogP contribution is -2.36. The maximum absolute atomic E-state index is 13.9. The van der Waals surface area contributed by atoms with Gasteiger partial charge in [-0.2, -0.15) is 26.3 Å². The molecule has 0 amide bonds. The van der Waals surface area contributed by atoms with Gasteiger partial charge >= 0.3 is 24.3 Å². The van der Waals surface area contributed by atoms with Gasteiger partial charge in [0.25, 0.3) is 5.56 Å². The number of hydrogen-bond donors (Lipinski definition) is 5. The highest BCUT2D eigenvalue weighted by atomic mass is 35.5. The number of carbonyl (C=O) groups is 2. The summed E-state index contributed by atoms with van der Waals surface area (Å²) in [6, 6.07) is 5.46. The highest BCUT2D eigenvalue weighted by Gasteiger charge is 2.38. The Morgan fingerprint density at radius 2 is 1.70 bits per heavy atom. The van der Waals surface area contributed by atoms with E-state index in [0.717, 1.165) is 25.2 Å². The van der Waals surface area contributed by atoms with Crippen LogP contribution >= 0.6 is 11.6 Å². The van der Waals surface area contributed by atoms with Gasteiger partial charge in [-0.1, -0.05) is 30.2 Å². The minimum atomic E-state index is -5.08. The quantitative estimate of drug-likeness (QED) is 0.198. The molecule has 0 radical (unpaired) electrons. The summed E-state index contributed by atoms with van der Waals surface area (Å²) in [7, 11) is 0. The molecule has 0 bridgehead atoms. The van der Waals surface area contributed by atoms with Crippen molar-refractivity contribution in [3.8, 4) is 0 Å². The van der Waals surface area contributed by atoms with E-state index >= 15 is 0 Å². The third-order valence-corrected chi connectivity index (χ3v) is 6.09. The molecule has 2 heterocycles. The number of carboxylic acids is 2. The summed E-state index contributed by atoms with van der Waals surface area (Å²) in [6.45, 7) is 5.02. The van der Waals surface area contributed by atoms with E-state index in [2.05, 4.69) is 20.9 Å². The molecule has 0 spiro atoms. The van der Waals surface area contributed by atoms with Gasteiger partial charge < -0.3 is 30.7 Å². The first-order chi connectivity index (χ1) is 19.9. The van der Waals surface area contributed by atoms with Gasteiger partial charge in [0.2, 0.25) is 0 Å². The van der Waals surface area contributed by atoms with Crippen molar-refractivity contribution in [3.63, 3.8) is 0 Å². The van der Waals surface area contributed by atoms with Crippen molar-refractivity contribution in [1.29, 1.82) is 0 Å². The first-order valence-corrected chi connectivity index (χ1v) is 13.1. The molecule has 1 saturated heterocycles. The number of nitrogens with one attached hydrogen (secondary N) is 3. The molecular formula is C25H31ClF7N5O5. The molecule has 2 aromatic rings. The number of anilines is 1. The number of aromatic nitrogens is 2. The average molecular weight is 650 g/mol. The van der Waals surface area contributed by atoms with Crippen LogP contribution < -0.4 is 21.5 Å². The van der Waals surface area contributed by atoms with E-state index in [0.29, 0.717) is 37.1 Å². The zero-order valence-corrected chi connectivity index (χ0v) is 23.5. The molecule has 10 nitrogen and oxygen atoms in total. The average Bonchev–Trinajstić information content (AvgIpc) is 2.92. The molecule has 1 aliphatic rings. The Hall–Kier alpha value is -3.44. The Bertz CT molecular complexity index is 1230. The van der Waals surface area contributed by atoms with Gasteiger partial charge in [0.1, 0.15) is 5.82 Å². The van der Waals surface area contributed by atoms with Gasteiger partial charge in [0.05, 0.1) is 5.02 Å². The van der Waals surface area contributed by atoms with E-state index in [1.54, 1.807) is 22.9 Å². The van der Waals surface area contributed by atoms with Crippen molar-refractivity contribution >= 4 is 29.4 Å². The van der Waals surface area contributed by atoms with Crippen molar-refractivity contribution in [2.24, 2.45) is 0 Å². The molecule has 1 unspecified atom stereocenters. The molecule has 1 aromatic heterocycles. The maximum Gasteiger partial charge on any atom is 0.490 e. The van der Waals surface area contributed by atoms with Crippen LogP contribution in [0.2, 0.25) is 5.02 Å². The zero-order chi connectivity index (χ0) is 32.8. The summed E-state index contributed by atoms with van der Waals surface area (Å²) in [5, 5.41) is 24.2. The Balaban J connectivity index is 0.000000548. The van der Waals surface area contributed by atoms with Crippen LogP contribution in [0.25, 0.3) is 0 Å². The Morgan fingerprint density at radius 1 is 1.09 bits per heavy atom. The molecule has 0 saturated carbocycles. The first-order valence-electron chi connectivity index (χ1n) is 12.7. The summed E-state index contributed by atoms with van der Waals surface area (Å²) >= 11 is 5.81. The lowest BCUT2D eigenvalue weighted by Gasteiger charge is -2.23. The molecule has 43 heavy (non-hydrogen) atoms. The third-order valence-electron chi connectivity index (χ3n) is 5.80. The Kier molecular flexibility index (Phi) is 15.4. The molecule has 1 fully saturated rings. The number of nitrogens with zero attached hydrogens (tertiary/aromatic N) is 2. The van der Waals surface area contributed by atoms with E-state index in [-0.39, 0.29) is 10.6 Å². The highest BCUT2D eigenvalue weighted by Crippen LogP contribution is 2.17. The van der Waals surface area contributed by atoms with Crippen molar-refractivity contribution in [2.75, 3.05) is 25.0 Å². The summed E-state index contributed by atoms with van der Waals surface area (Å²) in [4.78, 5) is 34.8. The largest absolute Gasteiger partial charge is 0.490 e. The number of benzene rings is 1. The second-order valence-corrected chi connectivity index (χ2v) is 9.47. The second kappa shape index (κ2) is 17.6. The SMILES string of the molecule is Cc1cnc(NCCC2CCCCN2)c(=O)n1CCNCc1cccc(Cl)c1F.O=C(O)C(F)(F)F.O=C(O)C(F)(F)F. The Labute approximate surface area is 246 Å². The number of rotatable bonds is 9. The van der Waals surface area contributed by atoms with E-state index in [4.69, 9.17) is 31.4 Å². The number of carboxylic acid groups (broad SMARTS) is 2. The minimum absolute atomic E-state index is 0.115. The van der Waals surface area contributed by atoms with Crippen LogP contribution in [0.1, 0.15) is 36.9 Å². The minimum Gasteiger partial charge on any atom is -0.475 e. The van der Waals surface area contributed by atoms with E-state index in [9.17, 15) is 35.5 Å². The lowest BCUT2D eigenvalue weighted by molar-refractivity contribution is -0.193. The molecule has 1 atom stereocenters. The molecule has 242 valence electrons. The summed E-state index contributed by atoms with van der Waals surface area (Å²) < 4.78 is 79.1. The number of piperidine rings is 1. The summed E-state index contributed by atoms with van der Waals surface area (Å²) in [6.07, 6.45) is -3.79. The van der Waals surface area contributed by atoms with Gasteiger partial charge in [-0.05, 0) is 38.8 Å². The maximum atomic E-state index is 13.9. The zero-order valence-electron chi connectivity index (χ0n) is 22.8. The van der Waals surface area contributed by atoms with Crippen LogP contribution in [0.3, 0.4) is 0 Å². The smallest absolute Gasteiger partial charge is 0.475 e. The van der Waals surface area contributed by atoms with Gasteiger partial charge in [0.15, 0.2) is 5.82 Å². The van der Waals surface area contributed by atoms with Gasteiger partial charge in [-0.15, -0.1) is 0 Å². The van der Waals surface area contributed by atoms with Crippen LogP contribution in [0.15, 0.2) is 29.2 Å². The van der Waals surface area contributed by atoms with Crippen molar-refractivity contribution in [3.05, 3.63) is 56.8 Å². The summed E-state index contributed by atoms with van der Waals surface area (Å²) in [5.74, 6) is -5.54. The number of alkyl halides is 6. The summed E-state index contributed by atoms with van der Waals surface area (Å²) in [5.41, 5.74) is 1.18. The van der Waals surface area contributed by atoms with Crippen LogP contribution in [0, 0.1) is 12.7 Å². The highest BCUT2D eigenvalue weighted by molar-refractivity contribution is 6.30. The van der Waals surface area contributed by atoms with Crippen molar-refractivity contribution in [2.45, 2.75) is 64.1 Å². The van der Waals surface area contributed by atoms with Crippen molar-refractivity contribution in [1.82, 2.24) is 20.2 Å².